The summed E-state index contributed by atoms with van der Waals surface area (Å²) < 4.78 is 10.6. The molecule has 0 unspecified atom stereocenters. The molecule has 1 aromatic heterocycles. The van der Waals surface area contributed by atoms with Crippen LogP contribution in [0.3, 0.4) is 0 Å². The highest BCUT2D eigenvalue weighted by molar-refractivity contribution is 9.10. The van der Waals surface area contributed by atoms with Gasteiger partial charge < -0.3 is 9.64 Å². The largest absolute Gasteiger partial charge is 0.378 e. The minimum atomic E-state index is -0.500. The van der Waals surface area contributed by atoms with E-state index in [-0.39, 0.29) is 11.2 Å². The van der Waals surface area contributed by atoms with Gasteiger partial charge in [-0.3, -0.25) is 10.1 Å². The summed E-state index contributed by atoms with van der Waals surface area (Å²) in [6.45, 7) is 2.60. The van der Waals surface area contributed by atoms with Crippen LogP contribution < -0.4 is 4.90 Å². The molecule has 2 aromatic rings. The van der Waals surface area contributed by atoms with Gasteiger partial charge in [-0.1, -0.05) is 0 Å². The van der Waals surface area contributed by atoms with Crippen molar-refractivity contribution in [3.63, 3.8) is 0 Å². The third-order valence-electron chi connectivity index (χ3n) is 2.97. The van der Waals surface area contributed by atoms with E-state index in [0.717, 1.165) is 5.69 Å². The van der Waals surface area contributed by atoms with E-state index in [1.54, 1.807) is 0 Å². The minimum absolute atomic E-state index is 0.125. The van der Waals surface area contributed by atoms with Crippen LogP contribution in [0.2, 0.25) is 0 Å². The van der Waals surface area contributed by atoms with Crippen molar-refractivity contribution in [2.45, 2.75) is 0 Å². The number of anilines is 1. The molecule has 1 saturated heterocycles. The summed E-state index contributed by atoms with van der Waals surface area (Å²) in [6.07, 6.45) is 0. The van der Waals surface area contributed by atoms with E-state index in [0.29, 0.717) is 36.3 Å². The number of ether oxygens (including phenoxy) is 1. The topological polar surface area (TPSA) is 94.5 Å². The molecule has 0 N–H and O–H groups in total. The first-order valence-electron chi connectivity index (χ1n) is 5.60. The molecule has 19 heavy (non-hydrogen) atoms. The van der Waals surface area contributed by atoms with E-state index < -0.39 is 4.92 Å². The fraction of sp³-hybridized carbons (Fsp3) is 0.400. The highest BCUT2D eigenvalue weighted by Crippen LogP contribution is 2.38. The lowest BCUT2D eigenvalue weighted by atomic mass is 10.2. The highest BCUT2D eigenvalue weighted by atomic mass is 79.9. The number of aromatic nitrogens is 2. The standard InChI is InChI=1S/C10H9BrN4O4/c11-6-5-7(15(16)17)8-9(13-19-12-8)10(6)14-1-3-18-4-2-14/h5H,1-4H2. The van der Waals surface area contributed by atoms with Crippen molar-refractivity contribution in [2.75, 3.05) is 31.2 Å². The second kappa shape index (κ2) is 4.74. The Morgan fingerprint density at radius 2 is 2.00 bits per heavy atom. The van der Waals surface area contributed by atoms with Crippen LogP contribution in [0.5, 0.6) is 0 Å². The van der Waals surface area contributed by atoms with Crippen molar-refractivity contribution in [1.82, 2.24) is 10.3 Å². The van der Waals surface area contributed by atoms with Gasteiger partial charge in [0.1, 0.15) is 0 Å². The first-order valence-corrected chi connectivity index (χ1v) is 6.39. The number of nitrogens with zero attached hydrogens (tertiary/aromatic N) is 4. The predicted molar refractivity (Wildman–Crippen MR) is 69.2 cm³/mol. The molecule has 2 heterocycles. The average Bonchev–Trinajstić information content (AvgIpc) is 2.87. The molecule has 0 saturated carbocycles. The quantitative estimate of drug-likeness (QED) is 0.611. The number of rotatable bonds is 2. The van der Waals surface area contributed by atoms with E-state index in [9.17, 15) is 10.1 Å². The Labute approximate surface area is 115 Å². The van der Waals surface area contributed by atoms with Gasteiger partial charge in [-0.25, -0.2) is 4.63 Å². The van der Waals surface area contributed by atoms with Crippen LogP contribution in [0, 0.1) is 10.1 Å². The van der Waals surface area contributed by atoms with Gasteiger partial charge in [0.2, 0.25) is 5.52 Å². The van der Waals surface area contributed by atoms with Gasteiger partial charge in [0.15, 0.2) is 5.52 Å². The molecule has 8 nitrogen and oxygen atoms in total. The number of benzene rings is 1. The number of hydrogen-bond donors (Lipinski definition) is 0. The van der Waals surface area contributed by atoms with E-state index in [1.165, 1.54) is 6.07 Å². The molecule has 0 amide bonds. The molecule has 0 spiro atoms. The van der Waals surface area contributed by atoms with Crippen molar-refractivity contribution in [3.8, 4) is 0 Å². The Hall–Kier alpha value is -1.74. The van der Waals surface area contributed by atoms with Gasteiger partial charge in [0, 0.05) is 19.2 Å². The Kier molecular flexibility index (Phi) is 3.07. The number of fused-ring (bicyclic) bond motifs is 1. The lowest BCUT2D eigenvalue weighted by Gasteiger charge is -2.29. The second-order valence-corrected chi connectivity index (χ2v) is 4.90. The summed E-state index contributed by atoms with van der Waals surface area (Å²) in [7, 11) is 0. The van der Waals surface area contributed by atoms with Gasteiger partial charge in [-0.15, -0.1) is 0 Å². The number of morpholine rings is 1. The summed E-state index contributed by atoms with van der Waals surface area (Å²) in [4.78, 5) is 12.5. The van der Waals surface area contributed by atoms with Gasteiger partial charge in [-0.2, -0.15) is 0 Å². The maximum Gasteiger partial charge on any atom is 0.302 e. The molecule has 9 heteroatoms. The van der Waals surface area contributed by atoms with Crippen LogP contribution in [-0.4, -0.2) is 41.5 Å². The summed E-state index contributed by atoms with van der Waals surface area (Å²) in [6, 6.07) is 1.43. The average molecular weight is 329 g/mol. The minimum Gasteiger partial charge on any atom is -0.378 e. The molecule has 0 bridgehead atoms. The van der Waals surface area contributed by atoms with Crippen molar-refractivity contribution in [1.29, 1.82) is 0 Å². The number of halogens is 1. The molecule has 0 aliphatic carbocycles. The summed E-state index contributed by atoms with van der Waals surface area (Å²) in [5, 5.41) is 18.4. The first-order chi connectivity index (χ1) is 9.18. The van der Waals surface area contributed by atoms with Gasteiger partial charge in [0.05, 0.1) is 28.3 Å². The van der Waals surface area contributed by atoms with E-state index >= 15 is 0 Å². The van der Waals surface area contributed by atoms with E-state index in [2.05, 4.69) is 30.9 Å². The smallest absolute Gasteiger partial charge is 0.302 e. The zero-order valence-electron chi connectivity index (χ0n) is 9.71. The Bertz CT molecular complexity index is 638. The molecule has 0 radical (unpaired) electrons. The van der Waals surface area contributed by atoms with Crippen LogP contribution in [0.15, 0.2) is 15.2 Å². The van der Waals surface area contributed by atoms with Crippen LogP contribution in [0.25, 0.3) is 11.0 Å². The fourth-order valence-corrected chi connectivity index (χ4v) is 2.76. The third kappa shape index (κ3) is 2.04. The summed E-state index contributed by atoms with van der Waals surface area (Å²) >= 11 is 3.36. The Morgan fingerprint density at radius 1 is 1.32 bits per heavy atom. The van der Waals surface area contributed by atoms with E-state index in [1.807, 2.05) is 4.90 Å². The maximum atomic E-state index is 11.0. The number of non-ortho nitro benzene ring substituents is 1. The second-order valence-electron chi connectivity index (χ2n) is 4.04. The van der Waals surface area contributed by atoms with Gasteiger partial charge >= 0.3 is 5.69 Å². The van der Waals surface area contributed by atoms with Crippen molar-refractivity contribution < 1.29 is 14.3 Å². The monoisotopic (exact) mass is 328 g/mol. The molecular weight excluding hydrogens is 320 g/mol. The number of hydrogen-bond acceptors (Lipinski definition) is 7. The molecule has 0 atom stereocenters. The fourth-order valence-electron chi connectivity index (χ4n) is 2.11. The van der Waals surface area contributed by atoms with Crippen LogP contribution in [-0.2, 0) is 4.74 Å². The summed E-state index contributed by atoms with van der Waals surface area (Å²) in [5.41, 5.74) is 1.18. The zero-order chi connectivity index (χ0) is 13.4. The van der Waals surface area contributed by atoms with Crippen molar-refractivity contribution >= 4 is 38.3 Å². The normalized spacial score (nSPS) is 15.9. The molecule has 1 aliphatic rings. The Balaban J connectivity index is 2.19. The lowest BCUT2D eigenvalue weighted by Crippen LogP contribution is -2.36. The molecular formula is C10H9BrN4O4. The SMILES string of the molecule is O=[N+]([O-])c1cc(Br)c(N2CCOCC2)c2nonc12. The number of nitro benzene ring substituents is 1. The molecule has 1 fully saturated rings. The maximum absolute atomic E-state index is 11.0. The van der Waals surface area contributed by atoms with Crippen molar-refractivity contribution in [2.24, 2.45) is 0 Å². The predicted octanol–water partition coefficient (Wildman–Crippen LogP) is 1.73. The van der Waals surface area contributed by atoms with Crippen LogP contribution in [0.1, 0.15) is 0 Å². The van der Waals surface area contributed by atoms with E-state index in [4.69, 9.17) is 4.74 Å². The van der Waals surface area contributed by atoms with Gasteiger partial charge in [0.25, 0.3) is 0 Å². The van der Waals surface area contributed by atoms with Crippen LogP contribution >= 0.6 is 15.9 Å². The third-order valence-corrected chi connectivity index (χ3v) is 3.57. The Morgan fingerprint density at radius 3 is 2.68 bits per heavy atom. The first kappa shape index (κ1) is 12.3. The highest BCUT2D eigenvalue weighted by Gasteiger charge is 2.26. The van der Waals surface area contributed by atoms with Gasteiger partial charge in [-0.05, 0) is 26.2 Å². The lowest BCUT2D eigenvalue weighted by molar-refractivity contribution is -0.383. The summed E-state index contributed by atoms with van der Waals surface area (Å²) in [5.74, 6) is 0. The van der Waals surface area contributed by atoms with Crippen LogP contribution in [0.4, 0.5) is 11.4 Å². The molecule has 1 aliphatic heterocycles. The molecule has 1 aromatic carbocycles. The van der Waals surface area contributed by atoms with Crippen molar-refractivity contribution in [3.05, 3.63) is 20.7 Å². The molecule has 3 rings (SSSR count). The zero-order valence-corrected chi connectivity index (χ0v) is 11.3. The molecule has 100 valence electrons. The number of nitro groups is 1.